The average Bonchev–Trinajstić information content (AvgIpc) is 2.89. The topological polar surface area (TPSA) is 104 Å². The molecule has 9 heteroatoms. The predicted molar refractivity (Wildman–Crippen MR) is 64.6 cm³/mol. The maximum absolute atomic E-state index is 11.7. The Hall–Kier alpha value is -1.45. The first kappa shape index (κ1) is 13.0. The number of hydrogen-bond donors (Lipinski definition) is 3. The van der Waals surface area contributed by atoms with E-state index in [4.69, 9.17) is 0 Å². The Kier molecular flexibility index (Phi) is 3.64. The van der Waals surface area contributed by atoms with Crippen molar-refractivity contribution in [2.75, 3.05) is 6.54 Å². The SMILES string of the molecule is O=C1NC(=O)C(CCNS(=O)(=O)c2cccs2)N1. The molecule has 2 rings (SSSR count). The Bertz CT molecular complexity index is 552. The van der Waals surface area contributed by atoms with Gasteiger partial charge in [0.15, 0.2) is 0 Å². The summed E-state index contributed by atoms with van der Waals surface area (Å²) in [6, 6.07) is 1.91. The van der Waals surface area contributed by atoms with E-state index in [1.807, 2.05) is 0 Å². The van der Waals surface area contributed by atoms with Gasteiger partial charge in [0.2, 0.25) is 10.0 Å². The summed E-state index contributed by atoms with van der Waals surface area (Å²) in [5, 5.41) is 6.14. The number of rotatable bonds is 5. The van der Waals surface area contributed by atoms with Crippen molar-refractivity contribution in [3.63, 3.8) is 0 Å². The molecule has 1 saturated heterocycles. The number of hydrogen-bond acceptors (Lipinski definition) is 5. The fourth-order valence-electron chi connectivity index (χ4n) is 1.49. The van der Waals surface area contributed by atoms with Crippen LogP contribution in [0.4, 0.5) is 4.79 Å². The van der Waals surface area contributed by atoms with E-state index in [0.717, 1.165) is 11.3 Å². The largest absolute Gasteiger partial charge is 0.326 e. The summed E-state index contributed by atoms with van der Waals surface area (Å²) in [7, 11) is -3.52. The third-order valence-electron chi connectivity index (χ3n) is 2.34. The number of nitrogens with one attached hydrogen (secondary N) is 3. The number of amides is 3. The normalized spacial score (nSPS) is 19.7. The number of carbonyl (C=O) groups is 2. The second-order valence-corrected chi connectivity index (χ2v) is 6.58. The highest BCUT2D eigenvalue weighted by Gasteiger charge is 2.29. The minimum Gasteiger partial charge on any atom is -0.326 e. The van der Waals surface area contributed by atoms with Gasteiger partial charge in [0.1, 0.15) is 10.3 Å². The zero-order valence-electron chi connectivity index (χ0n) is 9.17. The van der Waals surface area contributed by atoms with Crippen molar-refractivity contribution in [2.24, 2.45) is 0 Å². The van der Waals surface area contributed by atoms with Gasteiger partial charge in [-0.3, -0.25) is 10.1 Å². The Balaban J connectivity index is 1.86. The van der Waals surface area contributed by atoms with Gasteiger partial charge in [-0.15, -0.1) is 11.3 Å². The van der Waals surface area contributed by atoms with Gasteiger partial charge in [0, 0.05) is 6.54 Å². The van der Waals surface area contributed by atoms with Crippen molar-refractivity contribution in [3.8, 4) is 0 Å². The minimum absolute atomic E-state index is 0.0819. The molecule has 98 valence electrons. The van der Waals surface area contributed by atoms with Crippen LogP contribution in [0.5, 0.6) is 0 Å². The summed E-state index contributed by atoms with van der Waals surface area (Å²) in [5.74, 6) is -0.435. The van der Waals surface area contributed by atoms with Gasteiger partial charge in [-0.1, -0.05) is 6.07 Å². The summed E-state index contributed by atoms with van der Waals surface area (Å²) in [6.07, 6.45) is 0.210. The lowest BCUT2D eigenvalue weighted by molar-refractivity contribution is -0.120. The van der Waals surface area contributed by atoms with E-state index in [1.165, 1.54) is 6.07 Å². The fraction of sp³-hybridized carbons (Fsp3) is 0.333. The highest BCUT2D eigenvalue weighted by Crippen LogP contribution is 2.15. The number of carbonyl (C=O) groups excluding carboxylic acids is 2. The number of thiophene rings is 1. The molecule has 1 aromatic heterocycles. The Morgan fingerprint density at radius 2 is 2.17 bits per heavy atom. The molecule has 0 aliphatic carbocycles. The second kappa shape index (κ2) is 5.04. The molecule has 18 heavy (non-hydrogen) atoms. The van der Waals surface area contributed by atoms with Gasteiger partial charge in [0.25, 0.3) is 5.91 Å². The molecule has 0 bridgehead atoms. The van der Waals surface area contributed by atoms with Crippen LogP contribution in [-0.4, -0.2) is 32.9 Å². The number of urea groups is 1. The van der Waals surface area contributed by atoms with Crippen LogP contribution in [-0.2, 0) is 14.8 Å². The maximum atomic E-state index is 11.7. The molecule has 2 heterocycles. The summed E-state index contributed by atoms with van der Waals surface area (Å²) >= 11 is 1.11. The van der Waals surface area contributed by atoms with E-state index in [0.29, 0.717) is 0 Å². The fourth-order valence-corrected chi connectivity index (χ4v) is 3.57. The van der Waals surface area contributed by atoms with Crippen molar-refractivity contribution < 1.29 is 18.0 Å². The van der Waals surface area contributed by atoms with E-state index in [2.05, 4.69) is 15.4 Å². The van der Waals surface area contributed by atoms with Crippen molar-refractivity contribution in [2.45, 2.75) is 16.7 Å². The lowest BCUT2D eigenvalue weighted by Gasteiger charge is -2.08. The predicted octanol–water partition coefficient (Wildman–Crippen LogP) is -0.375. The van der Waals surface area contributed by atoms with Crippen LogP contribution in [0.1, 0.15) is 6.42 Å². The van der Waals surface area contributed by atoms with Crippen LogP contribution in [0, 0.1) is 0 Å². The minimum atomic E-state index is -3.52. The van der Waals surface area contributed by atoms with Crippen LogP contribution >= 0.6 is 11.3 Å². The standard InChI is InChI=1S/C9H11N3O4S2/c13-8-6(11-9(14)12-8)3-4-10-18(15,16)7-2-1-5-17-7/h1-2,5-6,10H,3-4H2,(H2,11,12,13,14). The molecule has 0 radical (unpaired) electrons. The number of imide groups is 1. The molecule has 0 spiro atoms. The molecule has 1 atom stereocenters. The van der Waals surface area contributed by atoms with Crippen molar-refractivity contribution >= 4 is 33.3 Å². The van der Waals surface area contributed by atoms with Crippen LogP contribution in [0.15, 0.2) is 21.7 Å². The van der Waals surface area contributed by atoms with Crippen molar-refractivity contribution in [3.05, 3.63) is 17.5 Å². The molecule has 3 N–H and O–H groups in total. The smallest absolute Gasteiger partial charge is 0.322 e. The molecule has 1 aromatic rings. The molecule has 7 nitrogen and oxygen atoms in total. The summed E-state index contributed by atoms with van der Waals surface area (Å²) in [5.41, 5.74) is 0. The lowest BCUT2D eigenvalue weighted by atomic mass is 10.2. The van der Waals surface area contributed by atoms with Gasteiger partial charge >= 0.3 is 6.03 Å². The monoisotopic (exact) mass is 289 g/mol. The van der Waals surface area contributed by atoms with E-state index >= 15 is 0 Å². The highest BCUT2D eigenvalue weighted by atomic mass is 32.2. The average molecular weight is 289 g/mol. The summed E-state index contributed by atoms with van der Waals surface area (Å²) in [4.78, 5) is 22.0. The molecule has 1 aliphatic heterocycles. The number of sulfonamides is 1. The molecular weight excluding hydrogens is 278 g/mol. The molecule has 1 fully saturated rings. The van der Waals surface area contributed by atoms with E-state index in [1.54, 1.807) is 11.4 Å². The van der Waals surface area contributed by atoms with Crippen molar-refractivity contribution in [1.29, 1.82) is 0 Å². The van der Waals surface area contributed by atoms with Gasteiger partial charge < -0.3 is 5.32 Å². The Morgan fingerprint density at radius 1 is 1.39 bits per heavy atom. The molecule has 3 amide bonds. The summed E-state index contributed by atoms with van der Waals surface area (Å²) < 4.78 is 26.0. The van der Waals surface area contributed by atoms with E-state index < -0.39 is 28.0 Å². The summed E-state index contributed by atoms with van der Waals surface area (Å²) in [6.45, 7) is 0.0819. The van der Waals surface area contributed by atoms with Crippen LogP contribution in [0.2, 0.25) is 0 Å². The first-order valence-corrected chi connectivity index (χ1v) is 7.50. The second-order valence-electron chi connectivity index (χ2n) is 3.63. The molecular formula is C9H11N3O4S2. The first-order chi connectivity index (χ1) is 8.49. The zero-order chi connectivity index (χ0) is 13.2. The molecule has 0 aromatic carbocycles. The van der Waals surface area contributed by atoms with Crippen LogP contribution in [0.3, 0.4) is 0 Å². The van der Waals surface area contributed by atoms with E-state index in [-0.39, 0.29) is 17.2 Å². The van der Waals surface area contributed by atoms with Gasteiger partial charge in [0.05, 0.1) is 0 Å². The third kappa shape index (κ3) is 2.86. The first-order valence-electron chi connectivity index (χ1n) is 5.13. The molecule has 1 unspecified atom stereocenters. The van der Waals surface area contributed by atoms with Crippen molar-refractivity contribution in [1.82, 2.24) is 15.4 Å². The zero-order valence-corrected chi connectivity index (χ0v) is 10.8. The molecule has 1 aliphatic rings. The van der Waals surface area contributed by atoms with E-state index in [9.17, 15) is 18.0 Å². The quantitative estimate of drug-likeness (QED) is 0.643. The van der Waals surface area contributed by atoms with Gasteiger partial charge in [-0.2, -0.15) is 0 Å². The highest BCUT2D eigenvalue weighted by molar-refractivity contribution is 7.91. The maximum Gasteiger partial charge on any atom is 0.322 e. The third-order valence-corrected chi connectivity index (χ3v) is 5.20. The molecule has 0 saturated carbocycles. The van der Waals surface area contributed by atoms with Crippen LogP contribution in [0.25, 0.3) is 0 Å². The lowest BCUT2D eigenvalue weighted by Crippen LogP contribution is -2.34. The van der Waals surface area contributed by atoms with Gasteiger partial charge in [-0.05, 0) is 17.9 Å². The van der Waals surface area contributed by atoms with Gasteiger partial charge in [-0.25, -0.2) is 17.9 Å². The Labute approximate surface area is 108 Å². The Morgan fingerprint density at radius 3 is 2.72 bits per heavy atom. The van der Waals surface area contributed by atoms with Crippen LogP contribution < -0.4 is 15.4 Å².